The van der Waals surface area contributed by atoms with Crippen LogP contribution in [0.25, 0.3) is 0 Å². The van der Waals surface area contributed by atoms with Crippen molar-refractivity contribution in [3.63, 3.8) is 0 Å². The standard InChI is InChI=1S/C7H6ClN3O2S/c8-1-2-14(12,13)7-3-6(4-9)10-5-11-7/h3,5H,1-2H2. The highest BCUT2D eigenvalue weighted by Gasteiger charge is 2.15. The molecule has 0 aliphatic heterocycles. The van der Waals surface area contributed by atoms with E-state index >= 15 is 0 Å². The average molecular weight is 232 g/mol. The van der Waals surface area contributed by atoms with Gasteiger partial charge in [0.25, 0.3) is 0 Å². The Kier molecular flexibility index (Phi) is 3.38. The van der Waals surface area contributed by atoms with Crippen LogP contribution >= 0.6 is 11.6 Å². The van der Waals surface area contributed by atoms with Crippen LogP contribution in [0.3, 0.4) is 0 Å². The fraction of sp³-hybridized carbons (Fsp3) is 0.286. The van der Waals surface area contributed by atoms with Gasteiger partial charge in [-0.1, -0.05) is 0 Å². The molecule has 0 saturated carbocycles. The van der Waals surface area contributed by atoms with Crippen LogP contribution in [0.4, 0.5) is 0 Å². The van der Waals surface area contributed by atoms with Gasteiger partial charge in [0.1, 0.15) is 18.1 Å². The molecule has 14 heavy (non-hydrogen) atoms. The zero-order valence-electron chi connectivity index (χ0n) is 7.01. The van der Waals surface area contributed by atoms with Gasteiger partial charge >= 0.3 is 0 Å². The number of sulfone groups is 1. The van der Waals surface area contributed by atoms with Crippen molar-refractivity contribution in [2.24, 2.45) is 0 Å². The second-order valence-corrected chi connectivity index (χ2v) is 4.80. The van der Waals surface area contributed by atoms with E-state index < -0.39 is 9.84 Å². The van der Waals surface area contributed by atoms with Crippen molar-refractivity contribution < 1.29 is 8.42 Å². The maximum Gasteiger partial charge on any atom is 0.196 e. The zero-order chi connectivity index (χ0) is 10.6. The molecular formula is C7H6ClN3O2S. The molecule has 7 heteroatoms. The molecule has 0 aliphatic carbocycles. The van der Waals surface area contributed by atoms with Gasteiger partial charge in [-0.3, -0.25) is 0 Å². The summed E-state index contributed by atoms with van der Waals surface area (Å²) in [7, 11) is -3.48. The van der Waals surface area contributed by atoms with Crippen molar-refractivity contribution in [2.45, 2.75) is 5.03 Å². The summed E-state index contributed by atoms with van der Waals surface area (Å²) in [5, 5.41) is 8.33. The lowest BCUT2D eigenvalue weighted by Crippen LogP contribution is -2.10. The first-order chi connectivity index (χ1) is 6.60. The smallest absolute Gasteiger partial charge is 0.196 e. The Balaban J connectivity index is 3.15. The van der Waals surface area contributed by atoms with Crippen LogP contribution in [0.1, 0.15) is 5.69 Å². The fourth-order valence-electron chi connectivity index (χ4n) is 0.777. The molecule has 0 radical (unpaired) electrons. The number of halogens is 1. The van der Waals surface area contributed by atoms with E-state index in [0.717, 1.165) is 12.4 Å². The fourth-order valence-corrected chi connectivity index (χ4v) is 2.30. The lowest BCUT2D eigenvalue weighted by molar-refractivity contribution is 0.593. The van der Waals surface area contributed by atoms with E-state index in [9.17, 15) is 8.42 Å². The Bertz CT molecular complexity index is 466. The average Bonchev–Trinajstić information content (AvgIpc) is 2.18. The molecule has 0 fully saturated rings. The van der Waals surface area contributed by atoms with Crippen LogP contribution < -0.4 is 0 Å². The van der Waals surface area contributed by atoms with E-state index in [-0.39, 0.29) is 22.4 Å². The van der Waals surface area contributed by atoms with Crippen LogP contribution in [-0.2, 0) is 9.84 Å². The van der Waals surface area contributed by atoms with Crippen molar-refractivity contribution in [2.75, 3.05) is 11.6 Å². The van der Waals surface area contributed by atoms with Crippen molar-refractivity contribution in [3.8, 4) is 6.07 Å². The van der Waals surface area contributed by atoms with Gasteiger partial charge in [0.15, 0.2) is 14.9 Å². The molecule has 0 saturated heterocycles. The second-order valence-electron chi connectivity index (χ2n) is 2.36. The maximum atomic E-state index is 11.4. The number of rotatable bonds is 3. The van der Waals surface area contributed by atoms with Gasteiger partial charge in [-0.05, 0) is 0 Å². The van der Waals surface area contributed by atoms with E-state index in [4.69, 9.17) is 16.9 Å². The van der Waals surface area contributed by atoms with Gasteiger partial charge in [-0.25, -0.2) is 18.4 Å². The third-order valence-electron chi connectivity index (χ3n) is 1.42. The summed E-state index contributed by atoms with van der Waals surface area (Å²) in [5.74, 6) is -0.204. The van der Waals surface area contributed by atoms with Crippen molar-refractivity contribution in [1.82, 2.24) is 9.97 Å². The topological polar surface area (TPSA) is 83.7 Å². The minimum atomic E-state index is -3.48. The quantitative estimate of drug-likeness (QED) is 0.554. The molecule has 74 valence electrons. The van der Waals surface area contributed by atoms with Gasteiger partial charge in [0.2, 0.25) is 0 Å². The molecule has 1 rings (SSSR count). The monoisotopic (exact) mass is 231 g/mol. The summed E-state index contributed by atoms with van der Waals surface area (Å²) < 4.78 is 22.8. The lowest BCUT2D eigenvalue weighted by atomic mass is 10.4. The normalized spacial score (nSPS) is 10.9. The van der Waals surface area contributed by atoms with Crippen LogP contribution in [0.2, 0.25) is 0 Å². The van der Waals surface area contributed by atoms with E-state index in [1.54, 1.807) is 6.07 Å². The lowest BCUT2D eigenvalue weighted by Gasteiger charge is -1.99. The Morgan fingerprint density at radius 1 is 1.50 bits per heavy atom. The highest BCUT2D eigenvalue weighted by atomic mass is 35.5. The number of nitrogens with zero attached hydrogens (tertiary/aromatic N) is 3. The minimum absolute atomic E-state index is 0.00573. The van der Waals surface area contributed by atoms with Gasteiger partial charge in [0, 0.05) is 11.9 Å². The first kappa shape index (κ1) is 10.9. The molecule has 0 N–H and O–H groups in total. The zero-order valence-corrected chi connectivity index (χ0v) is 8.59. The van der Waals surface area contributed by atoms with Crippen LogP contribution in [0, 0.1) is 11.3 Å². The van der Waals surface area contributed by atoms with Gasteiger partial charge < -0.3 is 0 Å². The van der Waals surface area contributed by atoms with Gasteiger partial charge in [-0.2, -0.15) is 5.26 Å². The molecule has 0 atom stereocenters. The summed E-state index contributed by atoms with van der Waals surface area (Å²) in [6.07, 6.45) is 1.04. The van der Waals surface area contributed by atoms with Gasteiger partial charge in [-0.15, -0.1) is 11.6 Å². The Hall–Kier alpha value is -1.19. The Morgan fingerprint density at radius 2 is 2.21 bits per heavy atom. The minimum Gasteiger partial charge on any atom is -0.226 e. The van der Waals surface area contributed by atoms with E-state index in [0.29, 0.717) is 0 Å². The van der Waals surface area contributed by atoms with E-state index in [1.807, 2.05) is 0 Å². The maximum absolute atomic E-state index is 11.4. The number of hydrogen-bond donors (Lipinski definition) is 0. The summed E-state index contributed by atoms with van der Waals surface area (Å²) in [6.45, 7) is 0. The number of hydrogen-bond acceptors (Lipinski definition) is 5. The van der Waals surface area contributed by atoms with Crippen LogP contribution in [-0.4, -0.2) is 30.0 Å². The first-order valence-electron chi connectivity index (χ1n) is 3.61. The van der Waals surface area contributed by atoms with Crippen LogP contribution in [0.5, 0.6) is 0 Å². The predicted octanol–water partition coefficient (Wildman–Crippen LogP) is 0.361. The number of nitriles is 1. The van der Waals surface area contributed by atoms with Crippen molar-refractivity contribution in [3.05, 3.63) is 18.1 Å². The molecular weight excluding hydrogens is 226 g/mol. The number of aromatic nitrogens is 2. The molecule has 1 heterocycles. The van der Waals surface area contributed by atoms with Crippen molar-refractivity contribution in [1.29, 1.82) is 5.26 Å². The summed E-state index contributed by atoms with van der Waals surface area (Å²) >= 11 is 5.32. The molecule has 5 nitrogen and oxygen atoms in total. The van der Waals surface area contributed by atoms with Crippen LogP contribution in [0.15, 0.2) is 17.4 Å². The second kappa shape index (κ2) is 4.35. The highest BCUT2D eigenvalue weighted by molar-refractivity contribution is 7.91. The summed E-state index contributed by atoms with van der Waals surface area (Å²) in [6, 6.07) is 2.86. The predicted molar refractivity (Wildman–Crippen MR) is 49.5 cm³/mol. The molecule has 1 aromatic heterocycles. The van der Waals surface area contributed by atoms with Crippen molar-refractivity contribution >= 4 is 21.4 Å². The van der Waals surface area contributed by atoms with Gasteiger partial charge in [0.05, 0.1) is 5.75 Å². The Morgan fingerprint density at radius 3 is 2.79 bits per heavy atom. The number of alkyl halides is 1. The molecule has 0 aliphatic rings. The van der Waals surface area contributed by atoms with E-state index in [1.165, 1.54) is 0 Å². The summed E-state index contributed by atoms with van der Waals surface area (Å²) in [4.78, 5) is 7.13. The Labute approximate surface area is 86.3 Å². The molecule has 0 amide bonds. The molecule has 1 aromatic rings. The summed E-state index contributed by atoms with van der Waals surface area (Å²) in [5.41, 5.74) is 0.0214. The third-order valence-corrected chi connectivity index (χ3v) is 3.44. The molecule has 0 spiro atoms. The molecule has 0 aromatic carbocycles. The SMILES string of the molecule is N#Cc1cc(S(=O)(=O)CCCl)ncn1. The molecule has 0 bridgehead atoms. The van der Waals surface area contributed by atoms with E-state index in [2.05, 4.69) is 9.97 Å². The largest absolute Gasteiger partial charge is 0.226 e. The third kappa shape index (κ3) is 2.40. The molecule has 0 unspecified atom stereocenters. The highest BCUT2D eigenvalue weighted by Crippen LogP contribution is 2.07. The first-order valence-corrected chi connectivity index (χ1v) is 5.79.